The first-order chi connectivity index (χ1) is 16.3. The fourth-order valence-corrected chi connectivity index (χ4v) is 4.10. The summed E-state index contributed by atoms with van der Waals surface area (Å²) in [6.07, 6.45) is 3.46. The van der Waals surface area contributed by atoms with Crippen molar-refractivity contribution < 1.29 is 23.8 Å². The Morgan fingerprint density at radius 3 is 1.21 bits per heavy atom. The molecule has 0 aromatic carbocycles. The van der Waals surface area contributed by atoms with Crippen LogP contribution in [0.5, 0.6) is 0 Å². The molecule has 34 heavy (non-hydrogen) atoms. The van der Waals surface area contributed by atoms with E-state index in [0.29, 0.717) is 45.2 Å². The molecule has 0 aromatic rings. The molecular formula is C23H42N7O4+. The summed E-state index contributed by atoms with van der Waals surface area (Å²) in [6.45, 7) is 10.4. The molecule has 0 fully saturated rings. The molecule has 0 saturated heterocycles. The Kier molecular flexibility index (Phi) is 10.1. The summed E-state index contributed by atoms with van der Waals surface area (Å²) in [5, 5.41) is 17.6. The van der Waals surface area contributed by atoms with Crippen LogP contribution >= 0.6 is 0 Å². The van der Waals surface area contributed by atoms with Crippen molar-refractivity contribution in [2.75, 3.05) is 39.3 Å². The molecule has 2 aliphatic rings. The second kappa shape index (κ2) is 12.6. The highest BCUT2D eigenvalue weighted by molar-refractivity contribution is 6.15. The van der Waals surface area contributed by atoms with E-state index in [4.69, 9.17) is 0 Å². The van der Waals surface area contributed by atoms with E-state index in [1.54, 1.807) is 0 Å². The minimum absolute atomic E-state index is 0.264. The molecule has 2 rings (SSSR count). The van der Waals surface area contributed by atoms with Crippen LogP contribution in [-0.2, 0) is 19.2 Å². The van der Waals surface area contributed by atoms with Crippen LogP contribution < -0.4 is 31.9 Å². The van der Waals surface area contributed by atoms with Crippen LogP contribution in [0.1, 0.15) is 66.2 Å². The first-order valence-electron chi connectivity index (χ1n) is 12.6. The standard InChI is InChI=1S/C23H41N7O4/c1-5-11-24-17(31)22(18(32)25-12-6-2)9-15-30-16-10-23(29-21(30)28-22,19(33)26-13-7-3)20(34)27-14-8-4/h5-16H2,1-4H3,(H5,24,25,26,27,28,29,31,32,33,34)/p+1. The number of amides is 4. The molecule has 2 aliphatic heterocycles. The van der Waals surface area contributed by atoms with E-state index in [9.17, 15) is 19.2 Å². The molecule has 0 spiro atoms. The first-order valence-corrected chi connectivity index (χ1v) is 12.6. The van der Waals surface area contributed by atoms with E-state index in [1.165, 1.54) is 0 Å². The molecule has 0 unspecified atom stereocenters. The van der Waals surface area contributed by atoms with Crippen molar-refractivity contribution in [1.29, 1.82) is 0 Å². The lowest BCUT2D eigenvalue weighted by molar-refractivity contribution is -0.543. The summed E-state index contributed by atoms with van der Waals surface area (Å²) in [4.78, 5) is 52.9. The van der Waals surface area contributed by atoms with Gasteiger partial charge in [0, 0.05) is 39.0 Å². The average Bonchev–Trinajstić information content (AvgIpc) is 2.86. The highest BCUT2D eigenvalue weighted by Gasteiger charge is 2.58. The third-order valence-corrected chi connectivity index (χ3v) is 6.19. The maximum Gasteiger partial charge on any atom is 0.348 e. The summed E-state index contributed by atoms with van der Waals surface area (Å²) < 4.78 is 1.94. The van der Waals surface area contributed by atoms with Crippen LogP contribution in [0.4, 0.5) is 0 Å². The van der Waals surface area contributed by atoms with Crippen LogP contribution in [0.2, 0.25) is 0 Å². The Balaban J connectivity index is 2.39. The molecule has 0 saturated carbocycles. The van der Waals surface area contributed by atoms with Gasteiger partial charge in [-0.15, -0.1) is 0 Å². The van der Waals surface area contributed by atoms with Crippen molar-refractivity contribution in [3.05, 3.63) is 0 Å². The van der Waals surface area contributed by atoms with Gasteiger partial charge in [0.2, 0.25) is 11.1 Å². The fraction of sp³-hybridized carbons (Fsp3) is 0.783. The summed E-state index contributed by atoms with van der Waals surface area (Å²) in [6, 6.07) is 0. The van der Waals surface area contributed by atoms with Crippen molar-refractivity contribution in [1.82, 2.24) is 31.9 Å². The van der Waals surface area contributed by atoms with Gasteiger partial charge in [-0.1, -0.05) is 27.7 Å². The number of guanidine groups is 1. The molecule has 11 nitrogen and oxygen atoms in total. The second-order valence-corrected chi connectivity index (χ2v) is 8.92. The second-order valence-electron chi connectivity index (χ2n) is 8.92. The molecule has 192 valence electrons. The summed E-state index contributed by atoms with van der Waals surface area (Å²) >= 11 is 0. The Morgan fingerprint density at radius 1 is 0.647 bits per heavy atom. The van der Waals surface area contributed by atoms with Gasteiger partial charge in [-0.3, -0.25) is 34.4 Å². The van der Waals surface area contributed by atoms with Gasteiger partial charge in [-0.2, -0.15) is 0 Å². The zero-order valence-corrected chi connectivity index (χ0v) is 21.1. The van der Waals surface area contributed by atoms with E-state index in [2.05, 4.69) is 31.9 Å². The highest BCUT2D eigenvalue weighted by Crippen LogP contribution is 2.22. The van der Waals surface area contributed by atoms with Gasteiger partial charge in [0.25, 0.3) is 23.6 Å². The molecule has 0 aromatic heterocycles. The fourth-order valence-electron chi connectivity index (χ4n) is 4.10. The number of carbonyl (C=O) groups is 4. The Hall–Kier alpha value is -2.85. The Bertz CT molecular complexity index is 694. The third-order valence-electron chi connectivity index (χ3n) is 6.19. The van der Waals surface area contributed by atoms with Crippen LogP contribution in [0.3, 0.4) is 0 Å². The molecule has 0 aliphatic carbocycles. The van der Waals surface area contributed by atoms with Gasteiger partial charge in [-0.05, 0) is 25.7 Å². The molecule has 4 amide bonds. The average molecular weight is 481 g/mol. The summed E-state index contributed by atoms with van der Waals surface area (Å²) in [7, 11) is 0. The molecule has 0 bridgehead atoms. The SMILES string of the molecule is CCCNC(=O)C1(C(=O)NCCC)CC[N+]2=C(N1)NC(C(=O)NCCC)(C(=O)NCCC)CC2. The van der Waals surface area contributed by atoms with Crippen molar-refractivity contribution in [3.8, 4) is 0 Å². The normalized spacial score (nSPS) is 18.0. The van der Waals surface area contributed by atoms with Crippen LogP contribution in [0.25, 0.3) is 0 Å². The monoisotopic (exact) mass is 480 g/mol. The van der Waals surface area contributed by atoms with Gasteiger partial charge in [-0.25, -0.2) is 0 Å². The number of carbonyl (C=O) groups excluding carboxylic acids is 4. The lowest BCUT2D eigenvalue weighted by atomic mass is 9.87. The number of nitrogens with zero attached hydrogens (tertiary/aromatic N) is 1. The van der Waals surface area contributed by atoms with E-state index < -0.39 is 34.7 Å². The van der Waals surface area contributed by atoms with Crippen LogP contribution in [-0.4, -0.2) is 84.5 Å². The van der Waals surface area contributed by atoms with Gasteiger partial charge in [0.05, 0.1) is 13.1 Å². The third kappa shape index (κ3) is 5.79. The number of nitrogens with one attached hydrogen (secondary N) is 6. The predicted molar refractivity (Wildman–Crippen MR) is 129 cm³/mol. The Morgan fingerprint density at radius 2 is 0.941 bits per heavy atom. The van der Waals surface area contributed by atoms with E-state index in [-0.39, 0.29) is 12.8 Å². The van der Waals surface area contributed by atoms with Gasteiger partial charge < -0.3 is 21.3 Å². The zero-order valence-electron chi connectivity index (χ0n) is 21.1. The highest BCUT2D eigenvalue weighted by atomic mass is 16.2. The molecule has 11 heteroatoms. The molecular weight excluding hydrogens is 438 g/mol. The number of hydrogen-bond donors (Lipinski definition) is 6. The minimum atomic E-state index is -1.54. The maximum atomic E-state index is 13.2. The van der Waals surface area contributed by atoms with Crippen molar-refractivity contribution in [2.24, 2.45) is 0 Å². The van der Waals surface area contributed by atoms with E-state index >= 15 is 0 Å². The zero-order chi connectivity index (χ0) is 25.2. The van der Waals surface area contributed by atoms with Crippen LogP contribution in [0.15, 0.2) is 0 Å². The number of rotatable bonds is 12. The number of hydrogen-bond acceptors (Lipinski definition) is 6. The summed E-state index contributed by atoms with van der Waals surface area (Å²) in [5.74, 6) is -1.33. The molecule has 0 radical (unpaired) electrons. The van der Waals surface area contributed by atoms with Gasteiger partial charge in [0.15, 0.2) is 0 Å². The summed E-state index contributed by atoms with van der Waals surface area (Å²) in [5.41, 5.74) is -3.07. The quantitative estimate of drug-likeness (QED) is 0.155. The molecule has 2 heterocycles. The van der Waals surface area contributed by atoms with Crippen molar-refractivity contribution >= 4 is 29.6 Å². The largest absolute Gasteiger partial charge is 0.352 e. The molecule has 6 N–H and O–H groups in total. The van der Waals surface area contributed by atoms with Crippen molar-refractivity contribution in [3.63, 3.8) is 0 Å². The smallest absolute Gasteiger partial charge is 0.348 e. The van der Waals surface area contributed by atoms with Crippen molar-refractivity contribution in [2.45, 2.75) is 77.3 Å². The molecule has 0 atom stereocenters. The minimum Gasteiger partial charge on any atom is -0.352 e. The van der Waals surface area contributed by atoms with Gasteiger partial charge >= 0.3 is 5.96 Å². The Labute approximate surface area is 202 Å². The maximum absolute atomic E-state index is 13.2. The lowest BCUT2D eigenvalue weighted by Gasteiger charge is -2.40. The topological polar surface area (TPSA) is 143 Å². The van der Waals surface area contributed by atoms with Gasteiger partial charge in [0.1, 0.15) is 0 Å². The lowest BCUT2D eigenvalue weighted by Crippen LogP contribution is -2.78. The van der Waals surface area contributed by atoms with Crippen LogP contribution in [0, 0.1) is 0 Å². The first kappa shape index (κ1) is 27.4. The van der Waals surface area contributed by atoms with E-state index in [1.807, 2.05) is 32.3 Å². The van der Waals surface area contributed by atoms with E-state index in [0.717, 1.165) is 25.7 Å². The predicted octanol–water partition coefficient (Wildman–Crippen LogP) is -1.08.